The highest BCUT2D eigenvalue weighted by atomic mass is 35.5. The van der Waals surface area contributed by atoms with Gasteiger partial charge in [0.15, 0.2) is 0 Å². The lowest BCUT2D eigenvalue weighted by Crippen LogP contribution is -2.46. The van der Waals surface area contributed by atoms with Gasteiger partial charge in [-0.2, -0.15) is 8.42 Å². The smallest absolute Gasteiger partial charge is 0.294 e. The van der Waals surface area contributed by atoms with Gasteiger partial charge in [-0.15, -0.1) is 0 Å². The predicted octanol–water partition coefficient (Wildman–Crippen LogP) is 3.41. The van der Waals surface area contributed by atoms with Gasteiger partial charge in [-0.25, -0.2) is 0 Å². The van der Waals surface area contributed by atoms with E-state index in [2.05, 4.69) is 10.2 Å². The van der Waals surface area contributed by atoms with Gasteiger partial charge in [0.1, 0.15) is 0 Å². The molecule has 0 aliphatic carbocycles. The van der Waals surface area contributed by atoms with Crippen LogP contribution in [-0.4, -0.2) is 49.5 Å². The lowest BCUT2D eigenvalue weighted by molar-refractivity contribution is 0.0909. The molecule has 0 saturated carbocycles. The largest absolute Gasteiger partial charge is 0.348 e. The minimum atomic E-state index is -4.02. The number of halogens is 1. The second-order valence-electron chi connectivity index (χ2n) is 7.62. The molecule has 1 amide bonds. The zero-order valence-electron chi connectivity index (χ0n) is 16.2. The summed E-state index contributed by atoms with van der Waals surface area (Å²) in [5, 5.41) is 3.79. The molecule has 2 heterocycles. The van der Waals surface area contributed by atoms with Crippen LogP contribution in [0.3, 0.4) is 0 Å². The molecule has 2 N–H and O–H groups in total. The van der Waals surface area contributed by atoms with Crippen molar-refractivity contribution in [2.24, 2.45) is 5.92 Å². The van der Waals surface area contributed by atoms with Crippen molar-refractivity contribution in [3.63, 3.8) is 0 Å². The first kappa shape index (κ1) is 21.8. The van der Waals surface area contributed by atoms with Gasteiger partial charge in [0.25, 0.3) is 16.0 Å². The second kappa shape index (κ2) is 9.26. The van der Waals surface area contributed by atoms with Crippen molar-refractivity contribution in [3.8, 4) is 0 Å². The van der Waals surface area contributed by atoms with Gasteiger partial charge in [-0.3, -0.25) is 9.35 Å². The molecule has 2 aliphatic heterocycles. The van der Waals surface area contributed by atoms with E-state index >= 15 is 0 Å². The molecule has 2 aromatic rings. The number of nitrogens with zero attached hydrogens (tertiary/aromatic N) is 1. The number of amides is 1. The predicted molar refractivity (Wildman–Crippen MR) is 113 cm³/mol. The van der Waals surface area contributed by atoms with E-state index in [0.717, 1.165) is 24.4 Å². The molecule has 0 spiro atoms. The monoisotopic (exact) mass is 436 g/mol. The fraction of sp³-hybridized carbons (Fsp3) is 0.381. The summed E-state index contributed by atoms with van der Waals surface area (Å²) < 4.78 is 29.6. The Morgan fingerprint density at radius 1 is 1.10 bits per heavy atom. The zero-order chi connectivity index (χ0) is 21.0. The Morgan fingerprint density at radius 2 is 1.76 bits per heavy atom. The molecule has 2 saturated heterocycles. The van der Waals surface area contributed by atoms with Crippen molar-refractivity contribution < 1.29 is 17.8 Å². The van der Waals surface area contributed by atoms with E-state index in [1.807, 2.05) is 6.92 Å². The average molecular weight is 437 g/mol. The Hall–Kier alpha value is -1.93. The summed E-state index contributed by atoms with van der Waals surface area (Å²) >= 11 is 5.82. The number of carbonyl (C=O) groups excluding carboxylic acids is 1. The number of fused-ring (bicyclic) bond motifs is 2. The fourth-order valence-corrected chi connectivity index (χ4v) is 4.35. The van der Waals surface area contributed by atoms with Crippen molar-refractivity contribution in [3.05, 3.63) is 64.7 Å². The summed E-state index contributed by atoms with van der Waals surface area (Å²) in [4.78, 5) is 14.5. The number of rotatable bonds is 3. The molecule has 29 heavy (non-hydrogen) atoms. The molecule has 2 aliphatic rings. The van der Waals surface area contributed by atoms with E-state index in [-0.39, 0.29) is 10.8 Å². The SMILES string of the molecule is Cc1ccc(S(=O)(=O)O)cc1.O=C(NC1CC2CCN(C2)C1)c1ccc(Cl)cc1. The number of aryl methyl sites for hydroxylation is 1. The maximum absolute atomic E-state index is 12.1. The van der Waals surface area contributed by atoms with E-state index < -0.39 is 10.1 Å². The third-order valence-electron chi connectivity index (χ3n) is 5.23. The van der Waals surface area contributed by atoms with Gasteiger partial charge in [0.05, 0.1) is 4.90 Å². The number of carbonyl (C=O) groups is 1. The van der Waals surface area contributed by atoms with Crippen LogP contribution in [0, 0.1) is 12.8 Å². The number of benzene rings is 2. The maximum Gasteiger partial charge on any atom is 0.294 e. The molecule has 2 aromatic carbocycles. The minimum absolute atomic E-state index is 0.0131. The van der Waals surface area contributed by atoms with Crippen LogP contribution >= 0.6 is 11.6 Å². The van der Waals surface area contributed by atoms with Crippen molar-refractivity contribution in [2.75, 3.05) is 19.6 Å². The normalized spacial score (nSPS) is 23.1. The van der Waals surface area contributed by atoms with Crippen LogP contribution < -0.4 is 5.32 Å². The summed E-state index contributed by atoms with van der Waals surface area (Å²) in [5.41, 5.74) is 1.64. The molecular weight excluding hydrogens is 412 g/mol. The maximum atomic E-state index is 12.1. The van der Waals surface area contributed by atoms with E-state index in [9.17, 15) is 13.2 Å². The number of hydrogen-bond acceptors (Lipinski definition) is 4. The first-order valence-electron chi connectivity index (χ1n) is 9.53. The molecule has 6 nitrogen and oxygen atoms in total. The molecule has 4 rings (SSSR count). The molecule has 2 bridgehead atoms. The van der Waals surface area contributed by atoms with Gasteiger partial charge in [-0.05, 0) is 68.6 Å². The molecule has 2 fully saturated rings. The molecule has 8 heteroatoms. The van der Waals surface area contributed by atoms with Crippen molar-refractivity contribution in [1.82, 2.24) is 10.2 Å². The fourth-order valence-electron chi connectivity index (χ4n) is 3.74. The van der Waals surface area contributed by atoms with Crippen molar-refractivity contribution >= 4 is 27.6 Å². The summed E-state index contributed by atoms with van der Waals surface area (Å²) in [6.07, 6.45) is 2.41. The zero-order valence-corrected chi connectivity index (χ0v) is 17.8. The standard InChI is InChI=1S/C14H17ClN2O.C7H8O3S/c15-12-3-1-11(2-4-12)14(18)16-13-7-10-5-6-17(8-10)9-13;1-6-2-4-7(5-3-6)11(8,9)10/h1-4,10,13H,5-9H2,(H,16,18);2-5H,1H3,(H,8,9,10). The Labute approximate surface area is 176 Å². The summed E-state index contributed by atoms with van der Waals surface area (Å²) in [5.74, 6) is 0.786. The Bertz CT molecular complexity index is 934. The van der Waals surface area contributed by atoms with Crippen molar-refractivity contribution in [2.45, 2.75) is 30.7 Å². The van der Waals surface area contributed by atoms with E-state index in [0.29, 0.717) is 16.6 Å². The van der Waals surface area contributed by atoms with Crippen LogP contribution in [0.2, 0.25) is 5.02 Å². The van der Waals surface area contributed by atoms with Crippen LogP contribution in [0.1, 0.15) is 28.8 Å². The van der Waals surface area contributed by atoms with Crippen LogP contribution in [0.15, 0.2) is 53.4 Å². The minimum Gasteiger partial charge on any atom is -0.348 e. The third-order valence-corrected chi connectivity index (χ3v) is 6.35. The quantitative estimate of drug-likeness (QED) is 0.720. The van der Waals surface area contributed by atoms with E-state index in [1.54, 1.807) is 36.4 Å². The second-order valence-corrected chi connectivity index (χ2v) is 9.47. The van der Waals surface area contributed by atoms with Crippen LogP contribution in [-0.2, 0) is 10.1 Å². The summed E-state index contributed by atoms with van der Waals surface area (Å²) in [6.45, 7) is 5.24. The highest BCUT2D eigenvalue weighted by Gasteiger charge is 2.32. The highest BCUT2D eigenvalue weighted by molar-refractivity contribution is 7.85. The molecule has 0 radical (unpaired) electrons. The van der Waals surface area contributed by atoms with Gasteiger partial charge in [-0.1, -0.05) is 29.3 Å². The summed E-state index contributed by atoms with van der Waals surface area (Å²) in [7, 11) is -4.02. The Morgan fingerprint density at radius 3 is 2.34 bits per heavy atom. The topological polar surface area (TPSA) is 86.7 Å². The molecule has 156 valence electrons. The van der Waals surface area contributed by atoms with Crippen LogP contribution in [0.5, 0.6) is 0 Å². The van der Waals surface area contributed by atoms with E-state index in [1.165, 1.54) is 31.6 Å². The summed E-state index contributed by atoms with van der Waals surface area (Å²) in [6, 6.07) is 13.3. The molecular formula is C21H25ClN2O4S. The van der Waals surface area contributed by atoms with Crippen LogP contribution in [0.4, 0.5) is 0 Å². The molecule has 3 atom stereocenters. The van der Waals surface area contributed by atoms with Gasteiger partial charge >= 0.3 is 0 Å². The number of hydrogen-bond donors (Lipinski definition) is 2. The third kappa shape index (κ3) is 6.27. The van der Waals surface area contributed by atoms with Gasteiger partial charge in [0.2, 0.25) is 0 Å². The number of piperidine rings is 1. The Kier molecular flexibility index (Phi) is 6.95. The lowest BCUT2D eigenvalue weighted by atomic mass is 9.96. The highest BCUT2D eigenvalue weighted by Crippen LogP contribution is 2.26. The van der Waals surface area contributed by atoms with Crippen molar-refractivity contribution in [1.29, 1.82) is 0 Å². The average Bonchev–Trinajstić information content (AvgIpc) is 3.00. The molecule has 3 unspecified atom stereocenters. The number of nitrogens with one attached hydrogen (secondary N) is 1. The molecule has 0 aromatic heterocycles. The first-order valence-corrected chi connectivity index (χ1v) is 11.4. The Balaban J connectivity index is 0.000000188. The van der Waals surface area contributed by atoms with E-state index in [4.69, 9.17) is 16.2 Å². The van der Waals surface area contributed by atoms with Crippen LogP contribution in [0.25, 0.3) is 0 Å². The lowest BCUT2D eigenvalue weighted by Gasteiger charge is -2.30. The van der Waals surface area contributed by atoms with Gasteiger partial charge < -0.3 is 10.2 Å². The first-order chi connectivity index (χ1) is 13.7. The van der Waals surface area contributed by atoms with Gasteiger partial charge in [0, 0.05) is 29.7 Å².